The first-order chi connectivity index (χ1) is 7.19. The van der Waals surface area contributed by atoms with Crippen LogP contribution in [0.5, 0.6) is 0 Å². The van der Waals surface area contributed by atoms with Crippen molar-refractivity contribution in [3.63, 3.8) is 0 Å². The molecule has 0 aromatic rings. The minimum Gasteiger partial charge on any atom is -0.341 e. The molecule has 1 fully saturated rings. The summed E-state index contributed by atoms with van der Waals surface area (Å²) in [4.78, 5) is 26.1. The second-order valence-electron chi connectivity index (χ2n) is 3.11. The maximum atomic E-state index is 11.4. The van der Waals surface area contributed by atoms with E-state index in [0.717, 1.165) is 11.8 Å². The quantitative estimate of drug-likeness (QED) is 0.609. The third-order valence-corrected chi connectivity index (χ3v) is 2.92. The number of urea groups is 1. The summed E-state index contributed by atoms with van der Waals surface area (Å²) in [5.74, 6) is 0.300. The number of nitrogens with one attached hydrogen (secondary N) is 1. The summed E-state index contributed by atoms with van der Waals surface area (Å²) in [5, 5.41) is 2.56. The molecule has 0 saturated carbocycles. The Bertz CT molecular complexity index is 241. The topological polar surface area (TPSA) is 78.7 Å². The highest BCUT2D eigenvalue weighted by atomic mass is 32.2. The van der Waals surface area contributed by atoms with Crippen LogP contribution in [0.25, 0.3) is 0 Å². The zero-order valence-electron chi connectivity index (χ0n) is 8.73. The summed E-state index contributed by atoms with van der Waals surface area (Å²) in [7, 11) is 1.60. The van der Waals surface area contributed by atoms with Crippen LogP contribution in [-0.4, -0.2) is 60.2 Å². The Morgan fingerprint density at radius 2 is 1.80 bits per heavy atom. The smallest absolute Gasteiger partial charge is 0.317 e. The fourth-order valence-electron chi connectivity index (χ4n) is 1.41. The number of amides is 3. The average molecular weight is 232 g/mol. The molecule has 0 aromatic carbocycles. The molecule has 0 radical (unpaired) electrons. The number of hydrogen-bond donors (Lipinski definition) is 2. The van der Waals surface area contributed by atoms with Crippen LogP contribution in [0.4, 0.5) is 9.59 Å². The standard InChI is InChI=1S/C8H16N4O2S/c1-10-7(13)11-2-4-12(5-3-11)8(14)15-6-9/h2-6,9H2,1H3,(H,10,13). The number of nitrogens with zero attached hydrogens (tertiary/aromatic N) is 2. The summed E-state index contributed by atoms with van der Waals surface area (Å²) in [6, 6.07) is -0.0893. The molecule has 1 saturated heterocycles. The van der Waals surface area contributed by atoms with Gasteiger partial charge in [-0.2, -0.15) is 0 Å². The average Bonchev–Trinajstić information content (AvgIpc) is 2.28. The predicted molar refractivity (Wildman–Crippen MR) is 59.6 cm³/mol. The van der Waals surface area contributed by atoms with Gasteiger partial charge in [-0.25, -0.2) is 4.79 Å². The lowest BCUT2D eigenvalue weighted by Gasteiger charge is -2.34. The molecule has 1 aliphatic rings. The van der Waals surface area contributed by atoms with Crippen LogP contribution in [0.1, 0.15) is 0 Å². The van der Waals surface area contributed by atoms with Crippen molar-refractivity contribution in [3.8, 4) is 0 Å². The first-order valence-electron chi connectivity index (χ1n) is 4.77. The number of hydrogen-bond acceptors (Lipinski definition) is 4. The molecule has 86 valence electrons. The third kappa shape index (κ3) is 3.28. The SMILES string of the molecule is CNC(=O)N1CCN(C(=O)SCN)CC1. The molecule has 3 amide bonds. The van der Waals surface area contributed by atoms with Gasteiger partial charge in [0.15, 0.2) is 0 Å². The Hall–Kier alpha value is -0.950. The van der Waals surface area contributed by atoms with Gasteiger partial charge in [0.1, 0.15) is 0 Å². The number of carbonyl (C=O) groups is 2. The van der Waals surface area contributed by atoms with Gasteiger partial charge in [-0.3, -0.25) is 4.79 Å². The lowest BCUT2D eigenvalue weighted by atomic mass is 10.3. The van der Waals surface area contributed by atoms with Gasteiger partial charge in [0, 0.05) is 39.1 Å². The van der Waals surface area contributed by atoms with E-state index >= 15 is 0 Å². The Kier molecular flexibility index (Phi) is 4.70. The Labute approximate surface area is 93.1 Å². The second-order valence-corrected chi connectivity index (χ2v) is 4.08. The first-order valence-corrected chi connectivity index (χ1v) is 5.76. The number of piperazine rings is 1. The minimum atomic E-state index is -0.0893. The molecule has 0 aliphatic carbocycles. The molecule has 7 heteroatoms. The van der Waals surface area contributed by atoms with Crippen molar-refractivity contribution in [1.82, 2.24) is 15.1 Å². The zero-order chi connectivity index (χ0) is 11.3. The van der Waals surface area contributed by atoms with Crippen LogP contribution < -0.4 is 11.1 Å². The van der Waals surface area contributed by atoms with Crippen LogP contribution in [0.3, 0.4) is 0 Å². The summed E-state index contributed by atoms with van der Waals surface area (Å²) < 4.78 is 0. The maximum Gasteiger partial charge on any atom is 0.317 e. The van der Waals surface area contributed by atoms with E-state index in [0.29, 0.717) is 32.1 Å². The summed E-state index contributed by atoms with van der Waals surface area (Å²) >= 11 is 1.10. The van der Waals surface area contributed by atoms with Crippen molar-refractivity contribution >= 4 is 23.0 Å². The van der Waals surface area contributed by atoms with Gasteiger partial charge in [-0.15, -0.1) is 0 Å². The highest BCUT2D eigenvalue weighted by Crippen LogP contribution is 2.10. The van der Waals surface area contributed by atoms with Crippen molar-refractivity contribution in [2.45, 2.75) is 0 Å². The van der Waals surface area contributed by atoms with E-state index in [1.165, 1.54) is 0 Å². The summed E-state index contributed by atoms with van der Waals surface area (Å²) in [5.41, 5.74) is 5.27. The van der Waals surface area contributed by atoms with Crippen LogP contribution in [0, 0.1) is 0 Å². The van der Waals surface area contributed by atoms with E-state index in [1.54, 1.807) is 16.8 Å². The normalized spacial score (nSPS) is 16.4. The number of thioether (sulfide) groups is 1. The molecule has 6 nitrogen and oxygen atoms in total. The van der Waals surface area contributed by atoms with Crippen molar-refractivity contribution in [3.05, 3.63) is 0 Å². The lowest BCUT2D eigenvalue weighted by molar-refractivity contribution is 0.155. The largest absolute Gasteiger partial charge is 0.341 e. The molecular formula is C8H16N4O2S. The van der Waals surface area contributed by atoms with E-state index in [-0.39, 0.29) is 11.3 Å². The van der Waals surface area contributed by atoms with Crippen LogP contribution in [-0.2, 0) is 0 Å². The van der Waals surface area contributed by atoms with Gasteiger partial charge < -0.3 is 20.9 Å². The molecule has 1 heterocycles. The molecular weight excluding hydrogens is 216 g/mol. The van der Waals surface area contributed by atoms with Crippen LogP contribution in [0.15, 0.2) is 0 Å². The highest BCUT2D eigenvalue weighted by Gasteiger charge is 2.23. The van der Waals surface area contributed by atoms with Gasteiger partial charge in [-0.1, -0.05) is 0 Å². The Balaban J connectivity index is 2.35. The van der Waals surface area contributed by atoms with E-state index in [2.05, 4.69) is 5.32 Å². The van der Waals surface area contributed by atoms with Crippen LogP contribution >= 0.6 is 11.8 Å². The molecule has 15 heavy (non-hydrogen) atoms. The molecule has 0 spiro atoms. The van der Waals surface area contributed by atoms with Crippen molar-refractivity contribution < 1.29 is 9.59 Å². The van der Waals surface area contributed by atoms with Gasteiger partial charge in [-0.05, 0) is 11.8 Å². The molecule has 3 N–H and O–H groups in total. The molecule has 0 unspecified atom stereocenters. The van der Waals surface area contributed by atoms with Gasteiger partial charge >= 0.3 is 6.03 Å². The first kappa shape index (κ1) is 12.1. The van der Waals surface area contributed by atoms with Gasteiger partial charge in [0.25, 0.3) is 5.24 Å². The van der Waals surface area contributed by atoms with Crippen molar-refractivity contribution in [2.24, 2.45) is 5.73 Å². The summed E-state index contributed by atoms with van der Waals surface area (Å²) in [6.45, 7) is 2.32. The summed E-state index contributed by atoms with van der Waals surface area (Å²) in [6.07, 6.45) is 0. The molecule has 0 bridgehead atoms. The molecule has 1 aliphatic heterocycles. The lowest BCUT2D eigenvalue weighted by Crippen LogP contribution is -2.52. The molecule has 0 aromatic heterocycles. The van der Waals surface area contributed by atoms with E-state index < -0.39 is 0 Å². The predicted octanol–water partition coefficient (Wildman–Crippen LogP) is -0.287. The Morgan fingerprint density at radius 3 is 2.27 bits per heavy atom. The number of nitrogens with two attached hydrogens (primary N) is 1. The van der Waals surface area contributed by atoms with Crippen LogP contribution in [0.2, 0.25) is 0 Å². The monoisotopic (exact) mass is 232 g/mol. The van der Waals surface area contributed by atoms with Gasteiger partial charge in [0.2, 0.25) is 0 Å². The number of carbonyl (C=O) groups excluding carboxylic acids is 2. The zero-order valence-corrected chi connectivity index (χ0v) is 9.55. The van der Waals surface area contributed by atoms with Crippen molar-refractivity contribution in [1.29, 1.82) is 0 Å². The van der Waals surface area contributed by atoms with Gasteiger partial charge in [0.05, 0.1) is 0 Å². The number of rotatable bonds is 1. The second kappa shape index (κ2) is 5.82. The minimum absolute atomic E-state index is 0.00550. The van der Waals surface area contributed by atoms with E-state index in [1.807, 2.05) is 0 Å². The van der Waals surface area contributed by atoms with E-state index in [4.69, 9.17) is 5.73 Å². The molecule has 0 atom stereocenters. The van der Waals surface area contributed by atoms with Crippen molar-refractivity contribution in [2.75, 3.05) is 39.1 Å². The Morgan fingerprint density at radius 1 is 1.27 bits per heavy atom. The third-order valence-electron chi connectivity index (χ3n) is 2.25. The fraction of sp³-hybridized carbons (Fsp3) is 0.750. The van der Waals surface area contributed by atoms with E-state index in [9.17, 15) is 9.59 Å². The molecule has 1 rings (SSSR count). The fourth-order valence-corrected chi connectivity index (χ4v) is 1.92. The highest BCUT2D eigenvalue weighted by molar-refractivity contribution is 8.13. The maximum absolute atomic E-state index is 11.4.